The third-order valence-electron chi connectivity index (χ3n) is 2.43. The smallest absolute Gasteiger partial charge is 0.192 e. The molecule has 90 valence electrons. The molecule has 0 unspecified atom stereocenters. The topological polar surface area (TPSA) is 69.1 Å². The van der Waals surface area contributed by atoms with Crippen LogP contribution in [0.25, 0.3) is 11.1 Å². The van der Waals surface area contributed by atoms with E-state index in [-0.39, 0.29) is 5.78 Å². The van der Waals surface area contributed by atoms with Crippen molar-refractivity contribution in [2.75, 3.05) is 0 Å². The van der Waals surface area contributed by atoms with Gasteiger partial charge in [-0.15, -0.1) is 0 Å². The molecule has 0 fully saturated rings. The molecular formula is C13H16N2O2. The summed E-state index contributed by atoms with van der Waals surface area (Å²) in [5.74, 6) is 0.629. The molecule has 0 aliphatic carbocycles. The Balaban J connectivity index is 2.33. The summed E-state index contributed by atoms with van der Waals surface area (Å²) in [6.07, 6.45) is 0.315. The Labute approximate surface area is 99.8 Å². The lowest BCUT2D eigenvalue weighted by molar-refractivity contribution is 0.0960. The first-order valence-electron chi connectivity index (χ1n) is 5.54. The molecule has 1 aromatic carbocycles. The molecule has 2 rings (SSSR count). The minimum atomic E-state index is -0.494. The van der Waals surface area contributed by atoms with Gasteiger partial charge >= 0.3 is 0 Å². The highest BCUT2D eigenvalue weighted by Crippen LogP contribution is 2.19. The van der Waals surface area contributed by atoms with Crippen molar-refractivity contribution in [3.8, 4) is 0 Å². The van der Waals surface area contributed by atoms with Crippen molar-refractivity contribution in [2.24, 2.45) is 5.73 Å². The molecular weight excluding hydrogens is 216 g/mol. The van der Waals surface area contributed by atoms with E-state index in [4.69, 9.17) is 10.2 Å². The molecule has 17 heavy (non-hydrogen) atoms. The lowest BCUT2D eigenvalue weighted by atomic mass is 9.95. The predicted octanol–water partition coefficient (Wildman–Crippen LogP) is 2.45. The minimum Gasteiger partial charge on any atom is -0.441 e. The summed E-state index contributed by atoms with van der Waals surface area (Å²) < 4.78 is 5.36. The highest BCUT2D eigenvalue weighted by atomic mass is 16.3. The van der Waals surface area contributed by atoms with Gasteiger partial charge in [0.1, 0.15) is 5.52 Å². The second-order valence-corrected chi connectivity index (χ2v) is 5.00. The monoisotopic (exact) mass is 232 g/mol. The van der Waals surface area contributed by atoms with Crippen molar-refractivity contribution >= 4 is 16.9 Å². The van der Waals surface area contributed by atoms with Gasteiger partial charge in [-0.3, -0.25) is 4.79 Å². The standard InChI is InChI=1S/C13H16N2O2/c1-8-15-10-6-9(4-5-12(10)17-8)11(16)7-13(2,3)14/h4-6H,7,14H2,1-3H3. The van der Waals surface area contributed by atoms with E-state index in [0.717, 1.165) is 0 Å². The van der Waals surface area contributed by atoms with Gasteiger partial charge in [0.05, 0.1) is 0 Å². The maximum absolute atomic E-state index is 12.0. The zero-order valence-corrected chi connectivity index (χ0v) is 10.3. The number of carbonyl (C=O) groups is 1. The van der Waals surface area contributed by atoms with Gasteiger partial charge in [-0.05, 0) is 32.0 Å². The van der Waals surface area contributed by atoms with Crippen LogP contribution >= 0.6 is 0 Å². The number of carbonyl (C=O) groups excluding carboxylic acids is 1. The van der Waals surface area contributed by atoms with Crippen LogP contribution in [-0.2, 0) is 0 Å². The number of aromatic nitrogens is 1. The third kappa shape index (κ3) is 2.71. The zero-order chi connectivity index (χ0) is 12.6. The first-order valence-corrected chi connectivity index (χ1v) is 5.54. The van der Waals surface area contributed by atoms with E-state index in [1.807, 2.05) is 13.8 Å². The Bertz CT molecular complexity index is 564. The predicted molar refractivity (Wildman–Crippen MR) is 66.0 cm³/mol. The fraction of sp³-hybridized carbons (Fsp3) is 0.385. The van der Waals surface area contributed by atoms with Crippen LogP contribution in [0.5, 0.6) is 0 Å². The molecule has 1 aromatic heterocycles. The molecule has 0 bridgehead atoms. The first-order chi connectivity index (χ1) is 7.85. The molecule has 4 heteroatoms. The lowest BCUT2D eigenvalue weighted by Gasteiger charge is -2.16. The van der Waals surface area contributed by atoms with Crippen LogP contribution in [0.3, 0.4) is 0 Å². The SMILES string of the molecule is Cc1nc2cc(C(=O)CC(C)(C)N)ccc2o1. The number of ketones is 1. The Hall–Kier alpha value is -1.68. The molecule has 0 radical (unpaired) electrons. The van der Waals surface area contributed by atoms with E-state index < -0.39 is 5.54 Å². The molecule has 2 N–H and O–H groups in total. The van der Waals surface area contributed by atoms with Crippen LogP contribution in [-0.4, -0.2) is 16.3 Å². The van der Waals surface area contributed by atoms with E-state index >= 15 is 0 Å². The van der Waals surface area contributed by atoms with Crippen LogP contribution in [0.2, 0.25) is 0 Å². The summed E-state index contributed by atoms with van der Waals surface area (Å²) in [5.41, 5.74) is 7.38. The Morgan fingerprint density at radius 1 is 1.47 bits per heavy atom. The molecule has 4 nitrogen and oxygen atoms in total. The molecule has 0 aliphatic rings. The van der Waals surface area contributed by atoms with E-state index in [1.54, 1.807) is 25.1 Å². The zero-order valence-electron chi connectivity index (χ0n) is 10.3. The van der Waals surface area contributed by atoms with Gasteiger partial charge in [-0.25, -0.2) is 4.98 Å². The van der Waals surface area contributed by atoms with E-state index in [2.05, 4.69) is 4.98 Å². The average Bonchev–Trinajstić information content (AvgIpc) is 2.53. The number of fused-ring (bicyclic) bond motifs is 1. The number of nitrogens with two attached hydrogens (primary N) is 1. The summed E-state index contributed by atoms with van der Waals surface area (Å²) in [6.45, 7) is 5.46. The molecule has 0 saturated carbocycles. The van der Waals surface area contributed by atoms with Gasteiger partial charge < -0.3 is 10.2 Å². The number of benzene rings is 1. The second kappa shape index (κ2) is 3.96. The molecule has 0 spiro atoms. The molecule has 0 atom stereocenters. The van der Waals surface area contributed by atoms with Crippen LogP contribution in [0.4, 0.5) is 0 Å². The van der Waals surface area contributed by atoms with E-state index in [0.29, 0.717) is 29.0 Å². The molecule has 1 heterocycles. The summed E-state index contributed by atoms with van der Waals surface area (Å²) in [6, 6.07) is 5.27. The number of Topliss-reactive ketones (excluding diaryl/α,β-unsaturated/α-hetero) is 1. The van der Waals surface area contributed by atoms with Gasteiger partial charge in [0.15, 0.2) is 17.3 Å². The Kier molecular flexibility index (Phi) is 2.75. The molecule has 2 aromatic rings. The average molecular weight is 232 g/mol. The van der Waals surface area contributed by atoms with Crippen molar-refractivity contribution in [3.63, 3.8) is 0 Å². The van der Waals surface area contributed by atoms with Crippen molar-refractivity contribution < 1.29 is 9.21 Å². The second-order valence-electron chi connectivity index (χ2n) is 5.00. The van der Waals surface area contributed by atoms with Crippen molar-refractivity contribution in [1.82, 2.24) is 4.98 Å². The molecule has 0 aliphatic heterocycles. The highest BCUT2D eigenvalue weighted by molar-refractivity contribution is 5.99. The van der Waals surface area contributed by atoms with Gasteiger partial charge in [-0.1, -0.05) is 0 Å². The van der Waals surface area contributed by atoms with Crippen LogP contribution in [0, 0.1) is 6.92 Å². The van der Waals surface area contributed by atoms with Crippen molar-refractivity contribution in [2.45, 2.75) is 32.7 Å². The lowest BCUT2D eigenvalue weighted by Crippen LogP contribution is -2.34. The summed E-state index contributed by atoms with van der Waals surface area (Å²) in [5, 5.41) is 0. The summed E-state index contributed by atoms with van der Waals surface area (Å²) in [7, 11) is 0. The molecule has 0 amide bonds. The van der Waals surface area contributed by atoms with E-state index in [1.165, 1.54) is 0 Å². The van der Waals surface area contributed by atoms with Crippen molar-refractivity contribution in [1.29, 1.82) is 0 Å². The Morgan fingerprint density at radius 3 is 2.82 bits per heavy atom. The largest absolute Gasteiger partial charge is 0.441 e. The van der Waals surface area contributed by atoms with Gasteiger partial charge in [-0.2, -0.15) is 0 Å². The quantitative estimate of drug-likeness (QED) is 0.825. The van der Waals surface area contributed by atoms with Gasteiger partial charge in [0, 0.05) is 24.4 Å². The van der Waals surface area contributed by atoms with Crippen LogP contribution < -0.4 is 5.73 Å². The first kappa shape index (κ1) is 11.8. The fourth-order valence-corrected chi connectivity index (χ4v) is 1.73. The van der Waals surface area contributed by atoms with Crippen molar-refractivity contribution in [3.05, 3.63) is 29.7 Å². The summed E-state index contributed by atoms with van der Waals surface area (Å²) in [4.78, 5) is 16.2. The number of nitrogens with zero attached hydrogens (tertiary/aromatic N) is 1. The number of aryl methyl sites for hydroxylation is 1. The van der Waals surface area contributed by atoms with Crippen LogP contribution in [0.15, 0.2) is 22.6 Å². The Morgan fingerprint density at radius 2 is 2.18 bits per heavy atom. The highest BCUT2D eigenvalue weighted by Gasteiger charge is 2.18. The fourth-order valence-electron chi connectivity index (χ4n) is 1.73. The van der Waals surface area contributed by atoms with Crippen LogP contribution in [0.1, 0.15) is 36.5 Å². The third-order valence-corrected chi connectivity index (χ3v) is 2.43. The molecule has 0 saturated heterocycles. The maximum atomic E-state index is 12.0. The normalized spacial score (nSPS) is 12.0. The van der Waals surface area contributed by atoms with Gasteiger partial charge in [0.2, 0.25) is 0 Å². The number of oxazole rings is 1. The minimum absolute atomic E-state index is 0.0278. The van der Waals surface area contributed by atoms with E-state index in [9.17, 15) is 4.79 Å². The maximum Gasteiger partial charge on any atom is 0.192 e. The number of hydrogen-bond donors (Lipinski definition) is 1. The number of rotatable bonds is 3. The summed E-state index contributed by atoms with van der Waals surface area (Å²) >= 11 is 0. The number of hydrogen-bond acceptors (Lipinski definition) is 4. The van der Waals surface area contributed by atoms with Gasteiger partial charge in [0.25, 0.3) is 0 Å².